The minimum absolute atomic E-state index is 0.0294. The van der Waals surface area contributed by atoms with E-state index in [0.717, 1.165) is 48.4 Å². The maximum atomic E-state index is 13.1. The lowest BCUT2D eigenvalue weighted by Crippen LogP contribution is -2.49. The molecule has 1 aromatic heterocycles. The molecule has 2 aliphatic rings. The summed E-state index contributed by atoms with van der Waals surface area (Å²) in [7, 11) is 0. The molecule has 0 spiro atoms. The van der Waals surface area contributed by atoms with E-state index in [4.69, 9.17) is 9.47 Å². The SMILES string of the molecule is C=CCOc1cc(C(=O)NCC2(CN3CCCCC3)CCOCC2)cc2sccc12. The first-order chi connectivity index (χ1) is 14.7. The summed E-state index contributed by atoms with van der Waals surface area (Å²) in [5.74, 6) is 0.714. The third-order valence-electron chi connectivity index (χ3n) is 6.34. The van der Waals surface area contributed by atoms with Gasteiger partial charge in [0.05, 0.1) is 0 Å². The van der Waals surface area contributed by atoms with Gasteiger partial charge >= 0.3 is 0 Å². The Kier molecular flexibility index (Phi) is 7.08. The summed E-state index contributed by atoms with van der Waals surface area (Å²) in [4.78, 5) is 15.7. The predicted molar refractivity (Wildman–Crippen MR) is 123 cm³/mol. The lowest BCUT2D eigenvalue weighted by Gasteiger charge is -2.42. The zero-order chi connectivity index (χ0) is 20.8. The van der Waals surface area contributed by atoms with Crippen molar-refractivity contribution in [2.75, 3.05) is 46.0 Å². The van der Waals surface area contributed by atoms with Crippen LogP contribution in [0.1, 0.15) is 42.5 Å². The first-order valence-corrected chi connectivity index (χ1v) is 11.9. The summed E-state index contributed by atoms with van der Waals surface area (Å²) in [6.45, 7) is 9.81. The molecule has 162 valence electrons. The van der Waals surface area contributed by atoms with Gasteiger partial charge in [-0.1, -0.05) is 19.1 Å². The van der Waals surface area contributed by atoms with Gasteiger partial charge in [-0.15, -0.1) is 11.3 Å². The quantitative estimate of drug-likeness (QED) is 0.630. The maximum absolute atomic E-state index is 13.1. The average molecular weight is 429 g/mol. The van der Waals surface area contributed by atoms with Crippen LogP contribution in [0.3, 0.4) is 0 Å². The van der Waals surface area contributed by atoms with E-state index in [1.165, 1.54) is 32.4 Å². The minimum atomic E-state index is -0.0294. The van der Waals surface area contributed by atoms with Gasteiger partial charge in [0.25, 0.3) is 5.91 Å². The first-order valence-electron chi connectivity index (χ1n) is 11.0. The van der Waals surface area contributed by atoms with Crippen molar-refractivity contribution >= 4 is 27.3 Å². The molecule has 0 aliphatic carbocycles. The number of fused-ring (bicyclic) bond motifs is 1. The van der Waals surface area contributed by atoms with Crippen LogP contribution in [0.25, 0.3) is 10.1 Å². The minimum Gasteiger partial charge on any atom is -0.489 e. The standard InChI is InChI=1S/C24H32N2O3S/c1-2-11-29-21-15-19(16-22-20(21)6-14-30-22)23(27)25-17-24(7-12-28-13-8-24)18-26-9-4-3-5-10-26/h2,6,14-16H,1,3-5,7-13,17-18H2,(H,25,27). The maximum Gasteiger partial charge on any atom is 0.251 e. The smallest absolute Gasteiger partial charge is 0.251 e. The number of amides is 1. The monoisotopic (exact) mass is 428 g/mol. The molecule has 0 atom stereocenters. The predicted octanol–water partition coefficient (Wildman–Crippen LogP) is 4.48. The molecule has 2 aromatic rings. The van der Waals surface area contributed by atoms with E-state index in [-0.39, 0.29) is 11.3 Å². The Hall–Kier alpha value is -1.89. The number of likely N-dealkylation sites (tertiary alicyclic amines) is 1. The number of thiophene rings is 1. The largest absolute Gasteiger partial charge is 0.489 e. The van der Waals surface area contributed by atoms with Gasteiger partial charge in [0.1, 0.15) is 12.4 Å². The Morgan fingerprint density at radius 1 is 1.27 bits per heavy atom. The lowest BCUT2D eigenvalue weighted by molar-refractivity contribution is -0.00671. The van der Waals surface area contributed by atoms with Crippen molar-refractivity contribution in [2.45, 2.75) is 32.1 Å². The number of nitrogens with one attached hydrogen (secondary N) is 1. The molecule has 30 heavy (non-hydrogen) atoms. The number of carbonyl (C=O) groups is 1. The molecule has 1 N–H and O–H groups in total. The van der Waals surface area contributed by atoms with Gasteiger partial charge in [-0.2, -0.15) is 0 Å². The summed E-state index contributed by atoms with van der Waals surface area (Å²) < 4.78 is 12.5. The third kappa shape index (κ3) is 5.05. The fourth-order valence-corrected chi connectivity index (χ4v) is 5.44. The third-order valence-corrected chi connectivity index (χ3v) is 7.20. The molecule has 0 radical (unpaired) electrons. The van der Waals surface area contributed by atoms with E-state index < -0.39 is 0 Å². The van der Waals surface area contributed by atoms with Gasteiger partial charge in [-0.25, -0.2) is 0 Å². The number of carbonyl (C=O) groups excluding carboxylic acids is 1. The molecule has 2 fully saturated rings. The van der Waals surface area contributed by atoms with E-state index in [9.17, 15) is 4.79 Å². The summed E-state index contributed by atoms with van der Waals surface area (Å²) in [6, 6.07) is 5.86. The molecule has 0 unspecified atom stereocenters. The summed E-state index contributed by atoms with van der Waals surface area (Å²) in [5, 5.41) is 6.32. The number of hydrogen-bond donors (Lipinski definition) is 1. The lowest BCUT2D eigenvalue weighted by atomic mass is 9.79. The number of hydrogen-bond acceptors (Lipinski definition) is 5. The number of piperidine rings is 1. The second kappa shape index (κ2) is 9.94. The van der Waals surface area contributed by atoms with Crippen molar-refractivity contribution in [1.29, 1.82) is 0 Å². The average Bonchev–Trinajstić information content (AvgIpc) is 3.26. The van der Waals surface area contributed by atoms with Crippen LogP contribution in [-0.4, -0.2) is 56.8 Å². The van der Waals surface area contributed by atoms with Gasteiger partial charge in [0, 0.05) is 47.4 Å². The summed E-state index contributed by atoms with van der Waals surface area (Å²) in [5.41, 5.74) is 0.754. The van der Waals surface area contributed by atoms with Crippen molar-refractivity contribution in [3.63, 3.8) is 0 Å². The zero-order valence-corrected chi connectivity index (χ0v) is 18.5. The summed E-state index contributed by atoms with van der Waals surface area (Å²) >= 11 is 1.63. The van der Waals surface area contributed by atoms with Crippen LogP contribution in [-0.2, 0) is 4.74 Å². The zero-order valence-electron chi connectivity index (χ0n) is 17.7. The summed E-state index contributed by atoms with van der Waals surface area (Å²) in [6.07, 6.45) is 7.63. The Morgan fingerprint density at radius 2 is 2.07 bits per heavy atom. The van der Waals surface area contributed by atoms with Gasteiger partial charge in [0.15, 0.2) is 0 Å². The van der Waals surface area contributed by atoms with Crippen molar-refractivity contribution in [3.05, 3.63) is 41.8 Å². The highest BCUT2D eigenvalue weighted by Gasteiger charge is 2.35. The molecular formula is C24H32N2O3S. The molecular weight excluding hydrogens is 396 g/mol. The molecule has 2 saturated heterocycles. The Morgan fingerprint density at radius 3 is 2.83 bits per heavy atom. The normalized spacial score (nSPS) is 19.5. The second-order valence-electron chi connectivity index (χ2n) is 8.54. The van der Waals surface area contributed by atoms with E-state index in [1.807, 2.05) is 23.6 Å². The highest BCUT2D eigenvalue weighted by molar-refractivity contribution is 7.17. The van der Waals surface area contributed by atoms with E-state index >= 15 is 0 Å². The van der Waals surface area contributed by atoms with E-state index in [1.54, 1.807) is 17.4 Å². The molecule has 1 aromatic carbocycles. The van der Waals surface area contributed by atoms with E-state index in [0.29, 0.717) is 18.7 Å². The molecule has 0 bridgehead atoms. The number of ether oxygens (including phenoxy) is 2. The number of nitrogens with zero attached hydrogens (tertiary/aromatic N) is 1. The molecule has 2 aliphatic heterocycles. The van der Waals surface area contributed by atoms with Crippen molar-refractivity contribution in [2.24, 2.45) is 5.41 Å². The Labute approximate surface area is 183 Å². The molecule has 4 rings (SSSR count). The second-order valence-corrected chi connectivity index (χ2v) is 9.49. The van der Waals surface area contributed by atoms with Crippen LogP contribution in [0.4, 0.5) is 0 Å². The Bertz CT molecular complexity index is 866. The van der Waals surface area contributed by atoms with Crippen LogP contribution in [0, 0.1) is 5.41 Å². The van der Waals surface area contributed by atoms with E-state index in [2.05, 4.69) is 16.8 Å². The van der Waals surface area contributed by atoms with Crippen LogP contribution in [0.5, 0.6) is 5.75 Å². The Balaban J connectivity index is 1.47. The number of benzene rings is 1. The fraction of sp³-hybridized carbons (Fsp3) is 0.542. The van der Waals surface area contributed by atoms with Crippen LogP contribution < -0.4 is 10.1 Å². The van der Waals surface area contributed by atoms with Crippen molar-refractivity contribution < 1.29 is 14.3 Å². The van der Waals surface area contributed by atoms with Crippen molar-refractivity contribution in [1.82, 2.24) is 10.2 Å². The molecule has 5 nitrogen and oxygen atoms in total. The first kappa shape index (κ1) is 21.3. The van der Waals surface area contributed by atoms with Crippen LogP contribution in [0.2, 0.25) is 0 Å². The van der Waals surface area contributed by atoms with Crippen LogP contribution >= 0.6 is 11.3 Å². The van der Waals surface area contributed by atoms with Crippen molar-refractivity contribution in [3.8, 4) is 5.75 Å². The molecule has 1 amide bonds. The van der Waals surface area contributed by atoms with Gasteiger partial charge in [-0.3, -0.25) is 4.79 Å². The molecule has 6 heteroatoms. The van der Waals surface area contributed by atoms with Gasteiger partial charge < -0.3 is 19.7 Å². The van der Waals surface area contributed by atoms with Gasteiger partial charge in [-0.05, 0) is 62.4 Å². The fourth-order valence-electron chi connectivity index (χ4n) is 4.59. The molecule has 0 saturated carbocycles. The van der Waals surface area contributed by atoms with Crippen LogP contribution in [0.15, 0.2) is 36.2 Å². The highest BCUT2D eigenvalue weighted by atomic mass is 32.1. The number of rotatable bonds is 8. The highest BCUT2D eigenvalue weighted by Crippen LogP contribution is 2.34. The molecule has 3 heterocycles. The van der Waals surface area contributed by atoms with Gasteiger partial charge in [0.2, 0.25) is 0 Å². The topological polar surface area (TPSA) is 50.8 Å².